The van der Waals surface area contributed by atoms with Gasteiger partial charge in [0.2, 0.25) is 0 Å². The van der Waals surface area contributed by atoms with Crippen molar-refractivity contribution in [3.05, 3.63) is 23.7 Å². The molecule has 1 aliphatic rings. The van der Waals surface area contributed by atoms with Crippen LogP contribution in [0.15, 0.2) is 16.9 Å². The van der Waals surface area contributed by atoms with Gasteiger partial charge < -0.3 is 9.21 Å². The molecule has 2 heteroatoms. The van der Waals surface area contributed by atoms with Crippen molar-refractivity contribution < 1.29 is 9.21 Å². The Labute approximate surface area is 97.0 Å². The second-order valence-electron chi connectivity index (χ2n) is 5.66. The number of carbonyl (C=O) groups is 1. The van der Waals surface area contributed by atoms with Crippen LogP contribution in [0.5, 0.6) is 0 Å². The summed E-state index contributed by atoms with van der Waals surface area (Å²) in [5.74, 6) is 1.50. The van der Waals surface area contributed by atoms with E-state index in [9.17, 15) is 4.79 Å². The van der Waals surface area contributed by atoms with E-state index in [-0.39, 0.29) is 0 Å². The van der Waals surface area contributed by atoms with Crippen LogP contribution in [0, 0.1) is 18.3 Å². The Hall–Kier alpha value is -1.05. The Kier molecular flexibility index (Phi) is 2.69. The number of ketones is 1. The average Bonchev–Trinajstić information content (AvgIpc) is 2.53. The molecule has 0 spiro atoms. The number of hydrogen-bond donors (Lipinski definition) is 0. The summed E-state index contributed by atoms with van der Waals surface area (Å²) in [7, 11) is 0. The van der Waals surface area contributed by atoms with E-state index in [0.29, 0.717) is 29.5 Å². The summed E-state index contributed by atoms with van der Waals surface area (Å²) in [6.45, 7) is 8.34. The molecule has 1 aliphatic carbocycles. The van der Waals surface area contributed by atoms with E-state index in [0.717, 1.165) is 6.42 Å². The van der Waals surface area contributed by atoms with E-state index in [1.807, 2.05) is 12.5 Å². The number of Topliss-reactive ketones (excluding diaryl/α,β-unsaturated/α-hetero) is 1. The summed E-state index contributed by atoms with van der Waals surface area (Å²) in [5.41, 5.74) is 2.89. The van der Waals surface area contributed by atoms with Crippen LogP contribution in [0.2, 0.25) is 0 Å². The smallest absolute Gasteiger partial charge is 0.129 e. The maximum atomic E-state index is 11.0. The molecule has 88 valence electrons. The van der Waals surface area contributed by atoms with Gasteiger partial charge in [-0.1, -0.05) is 13.8 Å². The predicted molar refractivity (Wildman–Crippen MR) is 63.4 cm³/mol. The van der Waals surface area contributed by atoms with Crippen LogP contribution >= 0.6 is 0 Å². The highest BCUT2D eigenvalue weighted by atomic mass is 16.3. The molecule has 0 N–H and O–H groups in total. The van der Waals surface area contributed by atoms with Crippen molar-refractivity contribution in [1.29, 1.82) is 0 Å². The second-order valence-corrected chi connectivity index (χ2v) is 5.66. The van der Waals surface area contributed by atoms with Crippen LogP contribution in [-0.2, 0) is 4.79 Å². The quantitative estimate of drug-likeness (QED) is 0.774. The predicted octanol–water partition coefficient (Wildman–Crippen LogP) is 3.70. The van der Waals surface area contributed by atoms with Crippen LogP contribution in [0.1, 0.15) is 50.7 Å². The van der Waals surface area contributed by atoms with Gasteiger partial charge in [0, 0.05) is 6.42 Å². The fourth-order valence-electron chi connectivity index (χ4n) is 2.95. The molecule has 16 heavy (non-hydrogen) atoms. The molecule has 0 bridgehead atoms. The fourth-order valence-corrected chi connectivity index (χ4v) is 2.95. The lowest BCUT2D eigenvalue weighted by Gasteiger charge is -2.00. The van der Waals surface area contributed by atoms with E-state index in [2.05, 4.69) is 20.8 Å². The van der Waals surface area contributed by atoms with Crippen molar-refractivity contribution in [2.45, 2.75) is 46.5 Å². The number of carbonyl (C=O) groups excluding carboxylic acids is 1. The van der Waals surface area contributed by atoms with Crippen molar-refractivity contribution in [3.63, 3.8) is 0 Å². The fraction of sp³-hybridized carbons (Fsp3) is 0.643. The van der Waals surface area contributed by atoms with E-state index >= 15 is 0 Å². The van der Waals surface area contributed by atoms with E-state index in [4.69, 9.17) is 4.42 Å². The van der Waals surface area contributed by atoms with Gasteiger partial charge >= 0.3 is 0 Å². The monoisotopic (exact) mass is 220 g/mol. The van der Waals surface area contributed by atoms with Crippen molar-refractivity contribution in [3.8, 4) is 0 Å². The van der Waals surface area contributed by atoms with Crippen LogP contribution in [0.3, 0.4) is 0 Å². The van der Waals surface area contributed by atoms with Gasteiger partial charge in [-0.15, -0.1) is 0 Å². The third-order valence-electron chi connectivity index (χ3n) is 4.09. The lowest BCUT2D eigenvalue weighted by molar-refractivity contribution is -0.117. The van der Waals surface area contributed by atoms with Crippen LogP contribution in [-0.4, -0.2) is 5.78 Å². The van der Waals surface area contributed by atoms with Gasteiger partial charge in [0.05, 0.1) is 12.5 Å². The second kappa shape index (κ2) is 3.76. The summed E-state index contributed by atoms with van der Waals surface area (Å²) in [6.07, 6.45) is 5.40. The summed E-state index contributed by atoms with van der Waals surface area (Å²) in [6, 6.07) is 0. The molecule has 2 rings (SSSR count). The molecule has 0 amide bonds. The van der Waals surface area contributed by atoms with Gasteiger partial charge in [0.25, 0.3) is 0 Å². The zero-order valence-electron chi connectivity index (χ0n) is 10.5. The largest absolute Gasteiger partial charge is 0.472 e. The molecule has 1 aromatic rings. The van der Waals surface area contributed by atoms with Crippen molar-refractivity contribution in [1.82, 2.24) is 0 Å². The van der Waals surface area contributed by atoms with Gasteiger partial charge in [-0.3, -0.25) is 0 Å². The first-order valence-corrected chi connectivity index (χ1v) is 5.96. The Morgan fingerprint density at radius 1 is 1.44 bits per heavy atom. The normalized spacial score (nSPS) is 26.8. The molecule has 2 atom stereocenters. The molecular weight excluding hydrogens is 200 g/mol. The minimum atomic E-state index is 0.297. The third kappa shape index (κ3) is 1.81. The maximum Gasteiger partial charge on any atom is 0.129 e. The van der Waals surface area contributed by atoms with Gasteiger partial charge in [0.1, 0.15) is 5.78 Å². The summed E-state index contributed by atoms with van der Waals surface area (Å²) in [4.78, 5) is 11.0. The molecule has 0 radical (unpaired) electrons. The standard InChI is InChI=1S/C14H20O2/c1-9-7-16-8-11(9)13-12(14(13,3)4)6-5-10(2)15/h7-8,12-13H,5-6H2,1-4H3. The maximum absolute atomic E-state index is 11.0. The molecule has 1 aromatic heterocycles. The number of hydrogen-bond acceptors (Lipinski definition) is 2. The SMILES string of the molecule is CC(=O)CCC1C(c2cocc2C)C1(C)C. The topological polar surface area (TPSA) is 30.2 Å². The average molecular weight is 220 g/mol. The van der Waals surface area contributed by atoms with Crippen molar-refractivity contribution in [2.75, 3.05) is 0 Å². The Balaban J connectivity index is 2.08. The van der Waals surface area contributed by atoms with Crippen molar-refractivity contribution >= 4 is 5.78 Å². The molecular formula is C14H20O2. The molecule has 1 saturated carbocycles. The first-order chi connectivity index (χ1) is 7.44. The number of rotatable bonds is 4. The van der Waals surface area contributed by atoms with Gasteiger partial charge in [0.15, 0.2) is 0 Å². The summed E-state index contributed by atoms with van der Waals surface area (Å²) in [5, 5.41) is 0. The Morgan fingerprint density at radius 2 is 2.12 bits per heavy atom. The van der Waals surface area contributed by atoms with E-state index in [1.165, 1.54) is 11.1 Å². The minimum absolute atomic E-state index is 0.297. The first-order valence-electron chi connectivity index (χ1n) is 5.96. The number of furan rings is 1. The molecule has 0 saturated heterocycles. The molecule has 2 nitrogen and oxygen atoms in total. The first kappa shape index (κ1) is 11.4. The van der Waals surface area contributed by atoms with Crippen LogP contribution in [0.25, 0.3) is 0 Å². The Bertz CT molecular complexity index is 401. The summed E-state index contributed by atoms with van der Waals surface area (Å²) >= 11 is 0. The highest BCUT2D eigenvalue weighted by Gasteiger charge is 2.58. The molecule has 0 aliphatic heterocycles. The Morgan fingerprint density at radius 3 is 2.62 bits per heavy atom. The van der Waals surface area contributed by atoms with Crippen LogP contribution in [0.4, 0.5) is 0 Å². The van der Waals surface area contributed by atoms with Gasteiger partial charge in [-0.05, 0) is 48.6 Å². The molecule has 0 aromatic carbocycles. The highest BCUT2D eigenvalue weighted by Crippen LogP contribution is 2.66. The van der Waals surface area contributed by atoms with E-state index < -0.39 is 0 Å². The third-order valence-corrected chi connectivity index (χ3v) is 4.09. The molecule has 1 heterocycles. The zero-order chi connectivity index (χ0) is 11.9. The van der Waals surface area contributed by atoms with Gasteiger partial charge in [-0.25, -0.2) is 0 Å². The summed E-state index contributed by atoms with van der Waals surface area (Å²) < 4.78 is 5.25. The minimum Gasteiger partial charge on any atom is -0.472 e. The van der Waals surface area contributed by atoms with E-state index in [1.54, 1.807) is 6.92 Å². The molecule has 1 fully saturated rings. The van der Waals surface area contributed by atoms with Crippen LogP contribution < -0.4 is 0 Å². The zero-order valence-corrected chi connectivity index (χ0v) is 10.5. The highest BCUT2D eigenvalue weighted by molar-refractivity contribution is 5.75. The van der Waals surface area contributed by atoms with Crippen molar-refractivity contribution in [2.24, 2.45) is 11.3 Å². The molecule has 2 unspecified atom stereocenters. The lowest BCUT2D eigenvalue weighted by Crippen LogP contribution is -1.94. The van der Waals surface area contributed by atoms with Gasteiger partial charge in [-0.2, -0.15) is 0 Å². The number of aryl methyl sites for hydroxylation is 1. The lowest BCUT2D eigenvalue weighted by atomic mass is 10.0.